The highest BCUT2D eigenvalue weighted by Crippen LogP contribution is 2.29. The van der Waals surface area contributed by atoms with Crippen LogP contribution in [0.15, 0.2) is 36.4 Å². The van der Waals surface area contributed by atoms with Crippen LogP contribution in [-0.2, 0) is 6.42 Å². The van der Waals surface area contributed by atoms with Gasteiger partial charge in [0.15, 0.2) is 11.6 Å². The molecule has 0 heterocycles. The Hall–Kier alpha value is -1.58. The zero-order valence-electron chi connectivity index (χ0n) is 12.2. The van der Waals surface area contributed by atoms with E-state index in [4.69, 9.17) is 22.1 Å². The number of hydrogen-bond donors (Lipinski definition) is 1. The first-order valence-electron chi connectivity index (χ1n) is 6.98. The Kier molecular flexibility index (Phi) is 5.21. The second kappa shape index (κ2) is 6.92. The molecule has 2 N–H and O–H groups in total. The van der Waals surface area contributed by atoms with Gasteiger partial charge in [-0.15, -0.1) is 0 Å². The van der Waals surface area contributed by atoms with Crippen molar-refractivity contribution in [2.75, 3.05) is 0 Å². The highest BCUT2D eigenvalue weighted by molar-refractivity contribution is 6.30. The predicted octanol–water partition coefficient (Wildman–Crippen LogP) is 4.86. The lowest BCUT2D eigenvalue weighted by molar-refractivity contribution is 0.442. The maximum Gasteiger partial charge on any atom is 0.184 e. The summed E-state index contributed by atoms with van der Waals surface area (Å²) < 4.78 is 19.4. The molecular weight excluding hydrogens is 289 g/mol. The number of aryl methyl sites for hydroxylation is 1. The average molecular weight is 308 g/mol. The third-order valence-corrected chi connectivity index (χ3v) is 3.76. The molecule has 0 saturated carbocycles. The second-order valence-corrected chi connectivity index (χ2v) is 5.52. The summed E-state index contributed by atoms with van der Waals surface area (Å²) >= 11 is 5.74. The van der Waals surface area contributed by atoms with Crippen molar-refractivity contribution in [3.63, 3.8) is 0 Å². The van der Waals surface area contributed by atoms with Crippen molar-refractivity contribution in [3.8, 4) is 11.5 Å². The Morgan fingerprint density at radius 2 is 2.05 bits per heavy atom. The van der Waals surface area contributed by atoms with E-state index >= 15 is 0 Å². The monoisotopic (exact) mass is 307 g/mol. The fourth-order valence-corrected chi connectivity index (χ4v) is 2.24. The highest BCUT2D eigenvalue weighted by atomic mass is 35.5. The first-order valence-corrected chi connectivity index (χ1v) is 7.36. The lowest BCUT2D eigenvalue weighted by atomic mass is 10.00. The molecule has 0 spiro atoms. The summed E-state index contributed by atoms with van der Waals surface area (Å²) in [6.07, 6.45) is 1.76. The Labute approximate surface area is 129 Å². The van der Waals surface area contributed by atoms with Crippen LogP contribution in [0.5, 0.6) is 11.5 Å². The van der Waals surface area contributed by atoms with E-state index in [9.17, 15) is 4.39 Å². The number of hydrogen-bond acceptors (Lipinski definition) is 2. The van der Waals surface area contributed by atoms with Crippen molar-refractivity contribution < 1.29 is 9.13 Å². The molecule has 0 amide bonds. The molecule has 0 aliphatic heterocycles. The first-order chi connectivity index (χ1) is 10.0. The van der Waals surface area contributed by atoms with Crippen LogP contribution in [0.25, 0.3) is 0 Å². The van der Waals surface area contributed by atoms with Crippen LogP contribution in [0.4, 0.5) is 4.39 Å². The molecule has 2 aromatic rings. The molecule has 1 atom stereocenters. The molecule has 0 radical (unpaired) electrons. The van der Waals surface area contributed by atoms with Gasteiger partial charge in [0.1, 0.15) is 5.75 Å². The van der Waals surface area contributed by atoms with E-state index in [0.717, 1.165) is 18.4 Å². The zero-order valence-corrected chi connectivity index (χ0v) is 13.0. The van der Waals surface area contributed by atoms with Crippen molar-refractivity contribution in [3.05, 3.63) is 58.4 Å². The van der Waals surface area contributed by atoms with Crippen molar-refractivity contribution in [1.29, 1.82) is 0 Å². The summed E-state index contributed by atoms with van der Waals surface area (Å²) in [5, 5.41) is 0.0507. The van der Waals surface area contributed by atoms with Gasteiger partial charge in [-0.2, -0.15) is 0 Å². The smallest absolute Gasteiger partial charge is 0.184 e. The van der Waals surface area contributed by atoms with Crippen LogP contribution in [0.3, 0.4) is 0 Å². The van der Waals surface area contributed by atoms with Gasteiger partial charge in [-0.05, 0) is 55.2 Å². The molecule has 112 valence electrons. The topological polar surface area (TPSA) is 35.2 Å². The summed E-state index contributed by atoms with van der Waals surface area (Å²) in [6, 6.07) is 10.5. The zero-order chi connectivity index (χ0) is 15.4. The average Bonchev–Trinajstić information content (AvgIpc) is 2.46. The molecule has 0 saturated heterocycles. The highest BCUT2D eigenvalue weighted by Gasteiger charge is 2.10. The lowest BCUT2D eigenvalue weighted by Gasteiger charge is -2.13. The number of halogens is 2. The Morgan fingerprint density at radius 1 is 1.29 bits per heavy atom. The van der Waals surface area contributed by atoms with Gasteiger partial charge in [0.25, 0.3) is 0 Å². The van der Waals surface area contributed by atoms with Gasteiger partial charge in [-0.25, -0.2) is 4.39 Å². The second-order valence-electron chi connectivity index (χ2n) is 5.11. The molecule has 4 heteroatoms. The Bertz CT molecular complexity index is 630. The van der Waals surface area contributed by atoms with Gasteiger partial charge in [0.05, 0.1) is 5.02 Å². The number of ether oxygens (including phenoxy) is 1. The fourth-order valence-electron chi connectivity index (χ4n) is 2.08. The van der Waals surface area contributed by atoms with E-state index in [0.29, 0.717) is 5.75 Å². The molecule has 1 unspecified atom stereocenters. The molecule has 2 aromatic carbocycles. The summed E-state index contributed by atoms with van der Waals surface area (Å²) in [5.41, 5.74) is 8.24. The van der Waals surface area contributed by atoms with Crippen molar-refractivity contribution in [1.82, 2.24) is 0 Å². The van der Waals surface area contributed by atoms with Gasteiger partial charge in [-0.1, -0.05) is 30.7 Å². The molecule has 2 rings (SSSR count). The number of rotatable bonds is 5. The van der Waals surface area contributed by atoms with Crippen LogP contribution >= 0.6 is 11.6 Å². The molecule has 21 heavy (non-hydrogen) atoms. The van der Waals surface area contributed by atoms with E-state index in [1.165, 1.54) is 11.6 Å². The minimum atomic E-state index is -0.547. The predicted molar refractivity (Wildman–Crippen MR) is 84.6 cm³/mol. The molecule has 0 aliphatic carbocycles. The largest absolute Gasteiger partial charge is 0.454 e. The molecular formula is C17H19ClFNO. The quantitative estimate of drug-likeness (QED) is 0.856. The standard InChI is InChI=1S/C17H19ClFNO/c1-3-13(20)10-12-7-8-14(9-11(12)2)21-16-6-4-5-15(18)17(16)19/h4-9,13H,3,10,20H2,1-2H3. The van der Waals surface area contributed by atoms with Crippen molar-refractivity contribution in [2.24, 2.45) is 5.73 Å². The summed E-state index contributed by atoms with van der Waals surface area (Å²) in [5.74, 6) is 0.163. The van der Waals surface area contributed by atoms with E-state index in [2.05, 4.69) is 6.92 Å². The third-order valence-electron chi connectivity index (χ3n) is 3.46. The molecule has 0 aromatic heterocycles. The number of benzene rings is 2. The van der Waals surface area contributed by atoms with Crippen molar-refractivity contribution in [2.45, 2.75) is 32.7 Å². The van der Waals surface area contributed by atoms with E-state index in [1.54, 1.807) is 12.1 Å². The summed E-state index contributed by atoms with van der Waals surface area (Å²) in [7, 11) is 0. The van der Waals surface area contributed by atoms with Crippen LogP contribution in [-0.4, -0.2) is 6.04 Å². The Balaban J connectivity index is 2.18. The van der Waals surface area contributed by atoms with Crippen LogP contribution in [0.2, 0.25) is 5.02 Å². The maximum atomic E-state index is 13.8. The lowest BCUT2D eigenvalue weighted by Crippen LogP contribution is -2.21. The normalized spacial score (nSPS) is 12.2. The summed E-state index contributed by atoms with van der Waals surface area (Å²) in [4.78, 5) is 0. The fraction of sp³-hybridized carbons (Fsp3) is 0.294. The van der Waals surface area contributed by atoms with Gasteiger partial charge in [0, 0.05) is 6.04 Å². The first kappa shape index (κ1) is 15.8. The van der Waals surface area contributed by atoms with Crippen LogP contribution < -0.4 is 10.5 Å². The van der Waals surface area contributed by atoms with E-state index < -0.39 is 5.82 Å². The molecule has 0 fully saturated rings. The summed E-state index contributed by atoms with van der Waals surface area (Å²) in [6.45, 7) is 4.07. The minimum absolute atomic E-state index is 0.0507. The minimum Gasteiger partial charge on any atom is -0.454 e. The van der Waals surface area contributed by atoms with Gasteiger partial charge >= 0.3 is 0 Å². The number of nitrogens with two attached hydrogens (primary N) is 1. The molecule has 2 nitrogen and oxygen atoms in total. The molecule has 0 aliphatic rings. The third kappa shape index (κ3) is 3.96. The van der Waals surface area contributed by atoms with Gasteiger partial charge < -0.3 is 10.5 Å². The van der Waals surface area contributed by atoms with E-state index in [-0.39, 0.29) is 16.8 Å². The van der Waals surface area contributed by atoms with Crippen LogP contribution in [0, 0.1) is 12.7 Å². The van der Waals surface area contributed by atoms with Gasteiger partial charge in [0.2, 0.25) is 0 Å². The van der Waals surface area contributed by atoms with Crippen LogP contribution in [0.1, 0.15) is 24.5 Å². The van der Waals surface area contributed by atoms with Crippen molar-refractivity contribution >= 4 is 11.6 Å². The molecule has 0 bridgehead atoms. The maximum absolute atomic E-state index is 13.8. The van der Waals surface area contributed by atoms with Gasteiger partial charge in [-0.3, -0.25) is 0 Å². The SMILES string of the molecule is CCC(N)Cc1ccc(Oc2cccc(Cl)c2F)cc1C. The van der Waals surface area contributed by atoms with E-state index in [1.807, 2.05) is 25.1 Å². The Morgan fingerprint density at radius 3 is 2.71 bits per heavy atom.